The quantitative estimate of drug-likeness (QED) is 0.695. The van der Waals surface area contributed by atoms with Gasteiger partial charge >= 0.3 is 5.97 Å². The van der Waals surface area contributed by atoms with Crippen molar-refractivity contribution in [2.75, 3.05) is 26.2 Å². The Hall–Kier alpha value is -2.38. The lowest BCUT2D eigenvalue weighted by atomic mass is 10.1. The molecule has 1 spiro atoms. The Labute approximate surface area is 139 Å². The summed E-state index contributed by atoms with van der Waals surface area (Å²) in [6, 6.07) is -0.800. The van der Waals surface area contributed by atoms with Gasteiger partial charge in [-0.25, -0.2) is 4.79 Å². The van der Waals surface area contributed by atoms with E-state index in [0.717, 1.165) is 0 Å². The zero-order valence-corrected chi connectivity index (χ0v) is 13.4. The fraction of sp³-hybridized carbons (Fsp3) is 0.625. The van der Waals surface area contributed by atoms with E-state index in [2.05, 4.69) is 6.58 Å². The highest BCUT2D eigenvalue weighted by Gasteiger charge is 2.59. The molecule has 0 radical (unpaired) electrons. The lowest BCUT2D eigenvalue weighted by molar-refractivity contribution is -0.156. The van der Waals surface area contributed by atoms with Gasteiger partial charge in [0.15, 0.2) is 0 Å². The van der Waals surface area contributed by atoms with Crippen LogP contribution in [0.1, 0.15) is 25.7 Å². The summed E-state index contributed by atoms with van der Waals surface area (Å²) in [4.78, 5) is 52.6. The van der Waals surface area contributed by atoms with Crippen molar-refractivity contribution in [2.45, 2.75) is 37.3 Å². The SMILES string of the molecule is C=CC(=O)N1CCN(CC(=O)N2CCCC2C(=O)O)C(=O)C12CC2. The largest absolute Gasteiger partial charge is 0.480 e. The number of hydrogen-bond donors (Lipinski definition) is 1. The number of nitrogens with zero attached hydrogens (tertiary/aromatic N) is 3. The van der Waals surface area contributed by atoms with Crippen molar-refractivity contribution in [3.63, 3.8) is 0 Å². The van der Waals surface area contributed by atoms with Gasteiger partial charge in [-0.05, 0) is 31.8 Å². The highest BCUT2D eigenvalue weighted by atomic mass is 16.4. The van der Waals surface area contributed by atoms with Crippen molar-refractivity contribution >= 4 is 23.7 Å². The molecular weight excluding hydrogens is 314 g/mol. The summed E-state index contributed by atoms with van der Waals surface area (Å²) in [6.45, 7) is 4.39. The van der Waals surface area contributed by atoms with Crippen molar-refractivity contribution in [1.29, 1.82) is 0 Å². The number of amides is 3. The van der Waals surface area contributed by atoms with Gasteiger partial charge in [0, 0.05) is 19.6 Å². The number of carboxylic acids is 1. The molecule has 1 N–H and O–H groups in total. The normalized spacial score (nSPS) is 25.1. The van der Waals surface area contributed by atoms with Crippen molar-refractivity contribution in [1.82, 2.24) is 14.7 Å². The maximum Gasteiger partial charge on any atom is 0.326 e. The third-order valence-electron chi connectivity index (χ3n) is 5.14. The number of hydrogen-bond acceptors (Lipinski definition) is 4. The van der Waals surface area contributed by atoms with Crippen molar-refractivity contribution in [3.8, 4) is 0 Å². The van der Waals surface area contributed by atoms with Gasteiger partial charge in [-0.2, -0.15) is 0 Å². The summed E-state index contributed by atoms with van der Waals surface area (Å²) in [6.07, 6.45) is 3.49. The molecule has 2 heterocycles. The fourth-order valence-electron chi connectivity index (χ4n) is 3.71. The third kappa shape index (κ3) is 2.55. The molecule has 130 valence electrons. The van der Waals surface area contributed by atoms with E-state index in [1.807, 2.05) is 0 Å². The molecule has 1 aliphatic carbocycles. The van der Waals surface area contributed by atoms with E-state index in [-0.39, 0.29) is 30.8 Å². The van der Waals surface area contributed by atoms with Crippen LogP contribution in [0.2, 0.25) is 0 Å². The van der Waals surface area contributed by atoms with Crippen LogP contribution in [0.5, 0.6) is 0 Å². The van der Waals surface area contributed by atoms with E-state index in [0.29, 0.717) is 38.8 Å². The van der Waals surface area contributed by atoms with Gasteiger partial charge in [0.1, 0.15) is 11.6 Å². The number of carboxylic acid groups (broad SMARTS) is 1. The summed E-state index contributed by atoms with van der Waals surface area (Å²) in [5, 5.41) is 9.18. The van der Waals surface area contributed by atoms with E-state index >= 15 is 0 Å². The van der Waals surface area contributed by atoms with Gasteiger partial charge in [0.2, 0.25) is 17.7 Å². The molecule has 0 aromatic carbocycles. The molecule has 1 saturated carbocycles. The zero-order valence-electron chi connectivity index (χ0n) is 13.4. The van der Waals surface area contributed by atoms with E-state index in [9.17, 15) is 24.3 Å². The first-order valence-electron chi connectivity index (χ1n) is 8.16. The highest BCUT2D eigenvalue weighted by molar-refractivity contribution is 5.99. The Morgan fingerprint density at radius 3 is 2.54 bits per heavy atom. The second-order valence-electron chi connectivity index (χ2n) is 6.54. The topological polar surface area (TPSA) is 98.2 Å². The van der Waals surface area contributed by atoms with Crippen LogP contribution in [0.4, 0.5) is 0 Å². The van der Waals surface area contributed by atoms with E-state index in [1.165, 1.54) is 15.9 Å². The number of rotatable bonds is 4. The molecule has 0 aromatic rings. The molecule has 0 bridgehead atoms. The van der Waals surface area contributed by atoms with E-state index in [4.69, 9.17) is 0 Å². The number of piperazine rings is 1. The summed E-state index contributed by atoms with van der Waals surface area (Å²) < 4.78 is 0. The number of carbonyl (C=O) groups is 4. The minimum absolute atomic E-state index is 0.125. The molecule has 2 aliphatic heterocycles. The van der Waals surface area contributed by atoms with E-state index in [1.54, 1.807) is 4.90 Å². The smallest absolute Gasteiger partial charge is 0.326 e. The Balaban J connectivity index is 1.68. The minimum Gasteiger partial charge on any atom is -0.480 e. The molecule has 0 aromatic heterocycles. The van der Waals surface area contributed by atoms with Gasteiger partial charge in [0.05, 0.1) is 6.54 Å². The highest BCUT2D eigenvalue weighted by Crippen LogP contribution is 2.45. The second-order valence-corrected chi connectivity index (χ2v) is 6.54. The Morgan fingerprint density at radius 1 is 1.25 bits per heavy atom. The first kappa shape index (κ1) is 16.5. The average molecular weight is 335 g/mol. The number of carbonyl (C=O) groups excluding carboxylic acids is 3. The molecule has 3 amide bonds. The van der Waals surface area contributed by atoms with Gasteiger partial charge in [0.25, 0.3) is 0 Å². The summed E-state index contributed by atoms with van der Waals surface area (Å²) >= 11 is 0. The lowest BCUT2D eigenvalue weighted by Crippen LogP contribution is -2.61. The minimum atomic E-state index is -1.01. The average Bonchev–Trinajstić information content (AvgIpc) is 3.17. The van der Waals surface area contributed by atoms with Crippen LogP contribution in [-0.4, -0.2) is 81.3 Å². The molecule has 8 heteroatoms. The Bertz CT molecular complexity index is 613. The molecule has 3 rings (SSSR count). The molecule has 1 unspecified atom stereocenters. The van der Waals surface area contributed by atoms with Gasteiger partial charge in [-0.1, -0.05) is 6.58 Å². The van der Waals surface area contributed by atoms with Crippen molar-refractivity contribution < 1.29 is 24.3 Å². The molecule has 1 atom stereocenters. The Morgan fingerprint density at radius 2 is 1.96 bits per heavy atom. The van der Waals surface area contributed by atoms with Gasteiger partial charge < -0.3 is 19.8 Å². The second kappa shape index (κ2) is 5.92. The molecule has 3 fully saturated rings. The monoisotopic (exact) mass is 335 g/mol. The standard InChI is InChI=1S/C16H21N3O5/c1-2-12(20)19-9-8-17(15(24)16(19)5-6-16)10-13(21)18-7-3-4-11(18)14(22)23/h2,11H,1,3-10H2,(H,22,23). The maximum atomic E-state index is 12.7. The first-order valence-corrected chi connectivity index (χ1v) is 8.16. The van der Waals surface area contributed by atoms with Crippen LogP contribution < -0.4 is 0 Å². The van der Waals surface area contributed by atoms with E-state index < -0.39 is 17.6 Å². The number of aliphatic carboxylic acids is 1. The fourth-order valence-corrected chi connectivity index (χ4v) is 3.71. The van der Waals surface area contributed by atoms with Crippen molar-refractivity contribution in [2.24, 2.45) is 0 Å². The molecule has 2 saturated heterocycles. The third-order valence-corrected chi connectivity index (χ3v) is 5.14. The molecule has 8 nitrogen and oxygen atoms in total. The summed E-state index contributed by atoms with van der Waals surface area (Å²) in [5.74, 6) is -1.83. The van der Waals surface area contributed by atoms with Crippen LogP contribution in [-0.2, 0) is 19.2 Å². The summed E-state index contributed by atoms with van der Waals surface area (Å²) in [5.41, 5.74) is -0.818. The molecule has 3 aliphatic rings. The van der Waals surface area contributed by atoms with Crippen LogP contribution in [0.25, 0.3) is 0 Å². The van der Waals surface area contributed by atoms with Gasteiger partial charge in [-0.3, -0.25) is 14.4 Å². The number of likely N-dealkylation sites (tertiary alicyclic amines) is 1. The van der Waals surface area contributed by atoms with Crippen LogP contribution in [0.15, 0.2) is 12.7 Å². The Kier molecular flexibility index (Phi) is 4.06. The zero-order chi connectivity index (χ0) is 17.5. The first-order chi connectivity index (χ1) is 11.4. The predicted octanol–water partition coefficient (Wildman–Crippen LogP) is -0.549. The van der Waals surface area contributed by atoms with Crippen LogP contribution in [0, 0.1) is 0 Å². The summed E-state index contributed by atoms with van der Waals surface area (Å²) in [7, 11) is 0. The predicted molar refractivity (Wildman–Crippen MR) is 82.8 cm³/mol. The maximum absolute atomic E-state index is 12.7. The molecule has 24 heavy (non-hydrogen) atoms. The van der Waals surface area contributed by atoms with Crippen LogP contribution in [0.3, 0.4) is 0 Å². The van der Waals surface area contributed by atoms with Crippen LogP contribution >= 0.6 is 0 Å². The molecular formula is C16H21N3O5. The lowest BCUT2D eigenvalue weighted by Gasteiger charge is -2.41. The van der Waals surface area contributed by atoms with Gasteiger partial charge in [-0.15, -0.1) is 0 Å². The van der Waals surface area contributed by atoms with Crippen molar-refractivity contribution in [3.05, 3.63) is 12.7 Å².